The summed E-state index contributed by atoms with van der Waals surface area (Å²) in [4.78, 5) is 31.2. The molecule has 7 heteroatoms. The lowest BCUT2D eigenvalue weighted by atomic mass is 9.95. The van der Waals surface area contributed by atoms with Gasteiger partial charge in [0.05, 0.1) is 11.6 Å². The highest BCUT2D eigenvalue weighted by molar-refractivity contribution is 7.14. The lowest BCUT2D eigenvalue weighted by Crippen LogP contribution is -2.29. The topological polar surface area (TPSA) is 70.5 Å². The van der Waals surface area contributed by atoms with Gasteiger partial charge in [-0.3, -0.25) is 14.5 Å². The van der Waals surface area contributed by atoms with Crippen molar-refractivity contribution < 1.29 is 14.7 Å². The third-order valence-electron chi connectivity index (χ3n) is 4.58. The first kappa shape index (κ1) is 18.4. The zero-order valence-corrected chi connectivity index (χ0v) is 16.4. The first-order chi connectivity index (χ1) is 13.5. The van der Waals surface area contributed by atoms with E-state index in [2.05, 4.69) is 4.98 Å². The van der Waals surface area contributed by atoms with Crippen molar-refractivity contribution in [2.75, 3.05) is 4.90 Å². The molecular formula is C21H15ClN2O3S. The highest BCUT2D eigenvalue weighted by Gasteiger charge is 2.47. The van der Waals surface area contributed by atoms with E-state index >= 15 is 0 Å². The van der Waals surface area contributed by atoms with Gasteiger partial charge in [-0.1, -0.05) is 53.6 Å². The Balaban J connectivity index is 1.93. The van der Waals surface area contributed by atoms with Crippen molar-refractivity contribution in [2.24, 2.45) is 0 Å². The number of carbonyl (C=O) groups is 2. The lowest BCUT2D eigenvalue weighted by Gasteiger charge is -2.23. The van der Waals surface area contributed by atoms with Crippen molar-refractivity contribution in [3.8, 4) is 0 Å². The number of aromatic nitrogens is 1. The number of Topliss-reactive ketones (excluding diaryl/α,β-unsaturated/α-hetero) is 1. The molecule has 2 aromatic carbocycles. The zero-order chi connectivity index (χ0) is 19.8. The Morgan fingerprint density at radius 3 is 2.39 bits per heavy atom. The van der Waals surface area contributed by atoms with E-state index in [4.69, 9.17) is 11.6 Å². The predicted octanol–water partition coefficient (Wildman–Crippen LogP) is 4.73. The summed E-state index contributed by atoms with van der Waals surface area (Å²) < 4.78 is 0. The van der Waals surface area contributed by atoms with E-state index in [1.807, 2.05) is 19.1 Å². The van der Waals surface area contributed by atoms with Gasteiger partial charge in [-0.05, 0) is 24.6 Å². The summed E-state index contributed by atoms with van der Waals surface area (Å²) >= 11 is 7.25. The average Bonchev–Trinajstić information content (AvgIpc) is 3.30. The molecule has 1 aliphatic rings. The Morgan fingerprint density at radius 1 is 1.11 bits per heavy atom. The molecule has 0 bridgehead atoms. The number of halogens is 1. The fraction of sp³-hybridized carbons (Fsp3) is 0.0952. The summed E-state index contributed by atoms with van der Waals surface area (Å²) in [5.74, 6) is -1.67. The second-order valence-corrected chi connectivity index (χ2v) is 7.71. The Bertz CT molecular complexity index is 1070. The molecule has 0 aliphatic carbocycles. The van der Waals surface area contributed by atoms with Gasteiger partial charge >= 0.3 is 5.91 Å². The number of hydrogen-bond donors (Lipinski definition) is 1. The van der Waals surface area contributed by atoms with Gasteiger partial charge in [0.25, 0.3) is 5.78 Å². The number of aliphatic hydroxyl groups is 1. The molecule has 5 nitrogen and oxygen atoms in total. The zero-order valence-electron chi connectivity index (χ0n) is 14.8. The summed E-state index contributed by atoms with van der Waals surface area (Å²) in [6, 6.07) is 13.2. The van der Waals surface area contributed by atoms with Crippen molar-refractivity contribution in [1.29, 1.82) is 0 Å². The van der Waals surface area contributed by atoms with Gasteiger partial charge in [0.1, 0.15) is 5.76 Å². The van der Waals surface area contributed by atoms with Crippen LogP contribution in [0.4, 0.5) is 5.13 Å². The van der Waals surface area contributed by atoms with Crippen LogP contribution in [0.1, 0.15) is 22.7 Å². The number of benzene rings is 2. The van der Waals surface area contributed by atoms with E-state index in [1.165, 1.54) is 16.2 Å². The maximum atomic E-state index is 12.9. The highest BCUT2D eigenvalue weighted by Crippen LogP contribution is 2.42. The number of nitrogens with zero attached hydrogens (tertiary/aromatic N) is 2. The molecule has 0 unspecified atom stereocenters. The van der Waals surface area contributed by atoms with E-state index < -0.39 is 17.7 Å². The highest BCUT2D eigenvalue weighted by atomic mass is 35.5. The van der Waals surface area contributed by atoms with Crippen LogP contribution in [0.15, 0.2) is 65.7 Å². The van der Waals surface area contributed by atoms with Gasteiger partial charge < -0.3 is 5.11 Å². The second-order valence-electron chi connectivity index (χ2n) is 6.40. The Kier molecular flexibility index (Phi) is 4.75. The van der Waals surface area contributed by atoms with Gasteiger partial charge in [0.15, 0.2) is 5.13 Å². The maximum absolute atomic E-state index is 12.9. The van der Waals surface area contributed by atoms with Crippen LogP contribution in [0.2, 0.25) is 5.02 Å². The van der Waals surface area contributed by atoms with Crippen LogP contribution in [0, 0.1) is 6.92 Å². The fourth-order valence-corrected chi connectivity index (χ4v) is 3.99. The van der Waals surface area contributed by atoms with E-state index in [1.54, 1.807) is 48.0 Å². The first-order valence-electron chi connectivity index (χ1n) is 8.50. The Labute approximate surface area is 170 Å². The summed E-state index contributed by atoms with van der Waals surface area (Å²) in [6.07, 6.45) is 1.57. The lowest BCUT2D eigenvalue weighted by molar-refractivity contribution is -0.132. The SMILES string of the molecule is Cc1ccc(C(O)=C2C(=O)C(=O)N(c3nccs3)[C@@H]2c2ccc(Cl)cc2)cc1. The molecule has 1 amide bonds. The van der Waals surface area contributed by atoms with Crippen molar-refractivity contribution >= 4 is 45.5 Å². The van der Waals surface area contributed by atoms with Gasteiger partial charge in [-0.25, -0.2) is 4.98 Å². The number of hydrogen-bond acceptors (Lipinski definition) is 5. The number of aryl methyl sites for hydroxylation is 1. The van der Waals surface area contributed by atoms with Gasteiger partial charge in [0.2, 0.25) is 0 Å². The first-order valence-corrected chi connectivity index (χ1v) is 9.76. The second kappa shape index (κ2) is 7.22. The van der Waals surface area contributed by atoms with E-state index in [9.17, 15) is 14.7 Å². The molecule has 28 heavy (non-hydrogen) atoms. The number of aliphatic hydroxyl groups excluding tert-OH is 1. The largest absolute Gasteiger partial charge is 0.507 e. The summed E-state index contributed by atoms with van der Waals surface area (Å²) in [7, 11) is 0. The summed E-state index contributed by atoms with van der Waals surface area (Å²) in [6.45, 7) is 1.93. The molecule has 1 aliphatic heterocycles. The predicted molar refractivity (Wildman–Crippen MR) is 110 cm³/mol. The molecule has 3 aromatic rings. The van der Waals surface area contributed by atoms with Crippen molar-refractivity contribution in [1.82, 2.24) is 4.98 Å². The molecule has 0 saturated carbocycles. The number of thiazole rings is 1. The van der Waals surface area contributed by atoms with E-state index in [-0.39, 0.29) is 11.3 Å². The molecule has 0 spiro atoms. The van der Waals surface area contributed by atoms with Crippen LogP contribution in [0.5, 0.6) is 0 Å². The molecule has 0 radical (unpaired) electrons. The van der Waals surface area contributed by atoms with Crippen LogP contribution in [-0.4, -0.2) is 21.8 Å². The van der Waals surface area contributed by atoms with Gasteiger partial charge in [0, 0.05) is 22.2 Å². The van der Waals surface area contributed by atoms with Crippen LogP contribution in [-0.2, 0) is 9.59 Å². The standard InChI is InChI=1S/C21H15ClN2O3S/c1-12-2-4-14(5-3-12)18(25)16-17(13-6-8-15(22)9-7-13)24(20(27)19(16)26)21-23-10-11-28-21/h2-11,17,25H,1H3/t17-/m1/s1. The minimum absolute atomic E-state index is 0.0337. The molecule has 1 fully saturated rings. The average molecular weight is 411 g/mol. The third-order valence-corrected chi connectivity index (χ3v) is 5.60. The quantitative estimate of drug-likeness (QED) is 0.385. The maximum Gasteiger partial charge on any atom is 0.301 e. The summed E-state index contributed by atoms with van der Waals surface area (Å²) in [5.41, 5.74) is 2.19. The van der Waals surface area contributed by atoms with E-state index in [0.29, 0.717) is 21.3 Å². The molecule has 1 aromatic heterocycles. The molecule has 1 atom stereocenters. The van der Waals surface area contributed by atoms with Crippen LogP contribution in [0.3, 0.4) is 0 Å². The number of ketones is 1. The Hall–Kier alpha value is -2.96. The fourth-order valence-electron chi connectivity index (χ4n) is 3.19. The van der Waals surface area contributed by atoms with Crippen LogP contribution >= 0.6 is 22.9 Å². The van der Waals surface area contributed by atoms with Gasteiger partial charge in [-0.2, -0.15) is 0 Å². The molecule has 140 valence electrons. The molecule has 4 rings (SSSR count). The molecule has 1 saturated heterocycles. The molecule has 1 N–H and O–H groups in total. The van der Waals surface area contributed by atoms with Crippen molar-refractivity contribution in [2.45, 2.75) is 13.0 Å². The number of amides is 1. The van der Waals surface area contributed by atoms with Crippen LogP contribution in [0.25, 0.3) is 5.76 Å². The van der Waals surface area contributed by atoms with E-state index in [0.717, 1.165) is 5.56 Å². The number of rotatable bonds is 3. The smallest absolute Gasteiger partial charge is 0.301 e. The molecular weight excluding hydrogens is 396 g/mol. The number of carbonyl (C=O) groups excluding carboxylic acids is 2. The number of anilines is 1. The minimum Gasteiger partial charge on any atom is -0.507 e. The van der Waals surface area contributed by atoms with Crippen molar-refractivity contribution in [3.05, 3.63) is 87.4 Å². The minimum atomic E-state index is -0.787. The van der Waals surface area contributed by atoms with Crippen molar-refractivity contribution in [3.63, 3.8) is 0 Å². The summed E-state index contributed by atoms with van der Waals surface area (Å²) in [5, 5.41) is 13.6. The van der Waals surface area contributed by atoms with Crippen LogP contribution < -0.4 is 4.90 Å². The monoisotopic (exact) mass is 410 g/mol. The normalized spacial score (nSPS) is 18.6. The Morgan fingerprint density at radius 2 is 1.79 bits per heavy atom. The molecule has 2 heterocycles. The van der Waals surface area contributed by atoms with Gasteiger partial charge in [-0.15, -0.1) is 11.3 Å². The third kappa shape index (κ3) is 3.10.